The molecule has 0 fully saturated rings. The molecule has 0 heterocycles. The topological polar surface area (TPSA) is 32.3 Å². The van der Waals surface area contributed by atoms with Crippen molar-refractivity contribution in [3.63, 3.8) is 0 Å². The normalized spacial score (nSPS) is 10.8. The summed E-state index contributed by atoms with van der Waals surface area (Å²) in [6.07, 6.45) is 0. The van der Waals surface area contributed by atoms with Gasteiger partial charge in [-0.25, -0.2) is 8.78 Å². The first kappa shape index (κ1) is 17.9. The van der Waals surface area contributed by atoms with Gasteiger partial charge in [-0.05, 0) is 38.5 Å². The Bertz CT molecular complexity index is 679. The van der Waals surface area contributed by atoms with Crippen molar-refractivity contribution in [1.29, 1.82) is 0 Å². The highest BCUT2D eigenvalue weighted by atomic mass is 19.1. The average molecular weight is 332 g/mol. The standard InChI is InChI=1S/C19H22F2N2O/c1-4-22-18-16(20)10-15(11-17(18)21)19(24)23(13(2)3)12-14-8-6-5-7-9-14/h5-11,13,22H,4,12H2,1-3H3. The van der Waals surface area contributed by atoms with Gasteiger partial charge >= 0.3 is 0 Å². The van der Waals surface area contributed by atoms with Crippen molar-refractivity contribution in [2.45, 2.75) is 33.4 Å². The van der Waals surface area contributed by atoms with Crippen molar-refractivity contribution < 1.29 is 13.6 Å². The lowest BCUT2D eigenvalue weighted by molar-refractivity contribution is 0.0689. The number of carbonyl (C=O) groups is 1. The molecule has 2 rings (SSSR count). The van der Waals surface area contributed by atoms with Gasteiger partial charge < -0.3 is 10.2 Å². The largest absolute Gasteiger partial charge is 0.381 e. The third kappa shape index (κ3) is 4.10. The van der Waals surface area contributed by atoms with E-state index in [0.717, 1.165) is 17.7 Å². The zero-order chi connectivity index (χ0) is 17.7. The third-order valence-corrected chi connectivity index (χ3v) is 3.72. The van der Waals surface area contributed by atoms with Crippen molar-refractivity contribution >= 4 is 11.6 Å². The molecule has 0 aliphatic heterocycles. The lowest BCUT2D eigenvalue weighted by atomic mass is 10.1. The number of carbonyl (C=O) groups excluding carboxylic acids is 1. The summed E-state index contributed by atoms with van der Waals surface area (Å²) in [6.45, 7) is 6.28. The van der Waals surface area contributed by atoms with Crippen LogP contribution in [-0.4, -0.2) is 23.4 Å². The molecule has 0 radical (unpaired) electrons. The Kier molecular flexibility index (Phi) is 5.90. The summed E-state index contributed by atoms with van der Waals surface area (Å²) in [7, 11) is 0. The summed E-state index contributed by atoms with van der Waals surface area (Å²) in [5.74, 6) is -1.91. The number of anilines is 1. The molecule has 1 N–H and O–H groups in total. The monoisotopic (exact) mass is 332 g/mol. The van der Waals surface area contributed by atoms with E-state index in [1.807, 2.05) is 44.2 Å². The molecule has 0 aromatic heterocycles. The van der Waals surface area contributed by atoms with Gasteiger partial charge in [0.15, 0.2) is 0 Å². The second-order valence-corrected chi connectivity index (χ2v) is 5.86. The molecule has 0 saturated heterocycles. The maximum absolute atomic E-state index is 14.1. The molecule has 0 bridgehead atoms. The summed E-state index contributed by atoms with van der Waals surface area (Å²) >= 11 is 0. The summed E-state index contributed by atoms with van der Waals surface area (Å²) in [4.78, 5) is 14.3. The van der Waals surface area contributed by atoms with E-state index in [1.54, 1.807) is 11.8 Å². The van der Waals surface area contributed by atoms with Crippen LogP contribution < -0.4 is 5.32 Å². The maximum atomic E-state index is 14.1. The van der Waals surface area contributed by atoms with E-state index in [-0.39, 0.29) is 17.3 Å². The van der Waals surface area contributed by atoms with Crippen molar-refractivity contribution in [3.05, 3.63) is 65.2 Å². The van der Waals surface area contributed by atoms with Gasteiger partial charge in [-0.2, -0.15) is 0 Å². The van der Waals surface area contributed by atoms with Crippen LogP contribution in [0.1, 0.15) is 36.7 Å². The fourth-order valence-electron chi connectivity index (χ4n) is 2.48. The first-order chi connectivity index (χ1) is 11.4. The van der Waals surface area contributed by atoms with Gasteiger partial charge in [0.05, 0.1) is 0 Å². The lowest BCUT2D eigenvalue weighted by Crippen LogP contribution is -2.36. The number of hydrogen-bond acceptors (Lipinski definition) is 2. The Morgan fingerprint density at radius 1 is 1.12 bits per heavy atom. The van der Waals surface area contributed by atoms with E-state index in [2.05, 4.69) is 5.32 Å². The Morgan fingerprint density at radius 2 is 1.71 bits per heavy atom. The molecule has 0 aliphatic rings. The van der Waals surface area contributed by atoms with Gasteiger partial charge in [0.2, 0.25) is 0 Å². The molecule has 5 heteroatoms. The fourth-order valence-corrected chi connectivity index (χ4v) is 2.48. The molecule has 3 nitrogen and oxygen atoms in total. The summed E-state index contributed by atoms with van der Waals surface area (Å²) in [5.41, 5.74) is 0.772. The zero-order valence-corrected chi connectivity index (χ0v) is 14.1. The lowest BCUT2D eigenvalue weighted by Gasteiger charge is -2.27. The predicted molar refractivity (Wildman–Crippen MR) is 92.0 cm³/mol. The van der Waals surface area contributed by atoms with Gasteiger partial charge in [0.1, 0.15) is 17.3 Å². The number of halogens is 2. The van der Waals surface area contributed by atoms with E-state index >= 15 is 0 Å². The van der Waals surface area contributed by atoms with E-state index in [4.69, 9.17) is 0 Å². The second-order valence-electron chi connectivity index (χ2n) is 5.86. The number of hydrogen-bond donors (Lipinski definition) is 1. The minimum Gasteiger partial charge on any atom is -0.381 e. The number of amides is 1. The molecule has 2 aromatic carbocycles. The Morgan fingerprint density at radius 3 is 2.21 bits per heavy atom. The van der Waals surface area contributed by atoms with Crippen LogP contribution in [0.25, 0.3) is 0 Å². The zero-order valence-electron chi connectivity index (χ0n) is 14.1. The molecule has 0 unspecified atom stereocenters. The first-order valence-corrected chi connectivity index (χ1v) is 8.01. The third-order valence-electron chi connectivity index (χ3n) is 3.72. The van der Waals surface area contributed by atoms with Crippen LogP contribution in [0.4, 0.5) is 14.5 Å². The van der Waals surface area contributed by atoms with Gasteiger partial charge in [0, 0.05) is 24.7 Å². The van der Waals surface area contributed by atoms with Crippen LogP contribution in [-0.2, 0) is 6.54 Å². The molecular weight excluding hydrogens is 310 g/mol. The molecule has 0 spiro atoms. The van der Waals surface area contributed by atoms with Gasteiger partial charge in [-0.3, -0.25) is 4.79 Å². The van der Waals surface area contributed by atoms with Crippen molar-refractivity contribution in [2.75, 3.05) is 11.9 Å². The molecule has 2 aromatic rings. The second kappa shape index (κ2) is 7.90. The summed E-state index contributed by atoms with van der Waals surface area (Å²) in [6, 6.07) is 11.6. The fraction of sp³-hybridized carbons (Fsp3) is 0.316. The van der Waals surface area contributed by atoms with E-state index < -0.39 is 17.5 Å². The van der Waals surface area contributed by atoms with Crippen LogP contribution in [0, 0.1) is 11.6 Å². The van der Waals surface area contributed by atoms with Crippen LogP contribution >= 0.6 is 0 Å². The molecular formula is C19H22F2N2O. The highest BCUT2D eigenvalue weighted by molar-refractivity contribution is 5.94. The maximum Gasteiger partial charge on any atom is 0.254 e. The summed E-state index contributed by atoms with van der Waals surface area (Å²) in [5, 5.41) is 2.63. The van der Waals surface area contributed by atoms with Crippen LogP contribution in [0.15, 0.2) is 42.5 Å². The first-order valence-electron chi connectivity index (χ1n) is 8.01. The van der Waals surface area contributed by atoms with Crippen LogP contribution in [0.5, 0.6) is 0 Å². The van der Waals surface area contributed by atoms with Crippen molar-refractivity contribution in [2.24, 2.45) is 0 Å². The minimum absolute atomic E-state index is 0.0104. The van der Waals surface area contributed by atoms with Gasteiger partial charge in [-0.1, -0.05) is 30.3 Å². The van der Waals surface area contributed by atoms with Gasteiger partial charge in [-0.15, -0.1) is 0 Å². The van der Waals surface area contributed by atoms with Crippen molar-refractivity contribution in [3.8, 4) is 0 Å². The Balaban J connectivity index is 2.30. The van der Waals surface area contributed by atoms with Crippen molar-refractivity contribution in [1.82, 2.24) is 4.90 Å². The molecule has 0 aliphatic carbocycles. The number of nitrogens with zero attached hydrogens (tertiary/aromatic N) is 1. The van der Waals surface area contributed by atoms with E-state index in [0.29, 0.717) is 13.1 Å². The molecule has 24 heavy (non-hydrogen) atoms. The summed E-state index contributed by atoms with van der Waals surface area (Å²) < 4.78 is 28.2. The molecule has 0 saturated carbocycles. The highest BCUT2D eigenvalue weighted by Crippen LogP contribution is 2.22. The number of benzene rings is 2. The van der Waals surface area contributed by atoms with Gasteiger partial charge in [0.25, 0.3) is 5.91 Å². The van der Waals surface area contributed by atoms with Crippen LogP contribution in [0.3, 0.4) is 0 Å². The minimum atomic E-state index is -0.761. The molecule has 128 valence electrons. The molecule has 1 amide bonds. The quantitative estimate of drug-likeness (QED) is 0.848. The van der Waals surface area contributed by atoms with E-state index in [1.165, 1.54) is 0 Å². The molecule has 0 atom stereocenters. The SMILES string of the molecule is CCNc1c(F)cc(C(=O)N(Cc2ccccc2)C(C)C)cc1F. The Labute approximate surface area is 141 Å². The highest BCUT2D eigenvalue weighted by Gasteiger charge is 2.22. The predicted octanol–water partition coefficient (Wildman–Crippen LogP) is 4.45. The van der Waals surface area contributed by atoms with Crippen LogP contribution in [0.2, 0.25) is 0 Å². The number of nitrogens with one attached hydrogen (secondary N) is 1. The smallest absolute Gasteiger partial charge is 0.254 e. The number of rotatable bonds is 6. The Hall–Kier alpha value is -2.43. The average Bonchev–Trinajstić information content (AvgIpc) is 2.56. The van der Waals surface area contributed by atoms with E-state index in [9.17, 15) is 13.6 Å².